The van der Waals surface area contributed by atoms with Gasteiger partial charge in [0.1, 0.15) is 0 Å². The molecule has 2 aliphatic carbocycles. The number of nitrogens with zero attached hydrogens (tertiary/aromatic N) is 1. The Hall–Kier alpha value is -7.74. The van der Waals surface area contributed by atoms with Crippen LogP contribution in [0.15, 0.2) is 237 Å². The Morgan fingerprint density at radius 3 is 1.63 bits per heavy atom. The molecule has 12 rings (SSSR count). The van der Waals surface area contributed by atoms with Crippen molar-refractivity contribution in [1.29, 1.82) is 0 Å². The lowest BCUT2D eigenvalue weighted by atomic mass is 9.67. The summed E-state index contributed by atoms with van der Waals surface area (Å²) in [7, 11) is 0. The topological polar surface area (TPSA) is 3.24 Å². The first-order chi connectivity index (χ1) is 31.0. The maximum absolute atomic E-state index is 2.47. The van der Waals surface area contributed by atoms with Crippen molar-refractivity contribution in [2.45, 2.75) is 24.7 Å². The van der Waals surface area contributed by atoms with Crippen LogP contribution < -0.4 is 4.90 Å². The summed E-state index contributed by atoms with van der Waals surface area (Å²) in [6.45, 7) is 4.71. The number of para-hydroxylation sites is 1. The lowest BCUT2D eigenvalue weighted by Gasteiger charge is -2.34. The first-order valence-corrected chi connectivity index (χ1v) is 22.1. The summed E-state index contributed by atoms with van der Waals surface area (Å²) < 4.78 is 0. The summed E-state index contributed by atoms with van der Waals surface area (Å²) in [5.41, 5.74) is 20.7. The van der Waals surface area contributed by atoms with Gasteiger partial charge in [0.2, 0.25) is 0 Å². The van der Waals surface area contributed by atoms with E-state index in [1.807, 2.05) is 0 Å². The quantitative estimate of drug-likeness (QED) is 0.155. The SMILES string of the molecule is CC1(C)c2ccccc2-c2ccc(N(c3ccccc3)c3cccc(-c4ccc5c(c4)C(c4ccccc4)(c4ccc(-c6cccc7ccccc67)cc4)c4ccccc4-5)c3)cc21. The molecular weight excluding hydrogens is 759 g/mol. The van der Waals surface area contributed by atoms with Gasteiger partial charge in [0.25, 0.3) is 0 Å². The van der Waals surface area contributed by atoms with Gasteiger partial charge in [-0.2, -0.15) is 0 Å². The van der Waals surface area contributed by atoms with E-state index in [1.165, 1.54) is 88.7 Å². The van der Waals surface area contributed by atoms with Crippen LogP contribution in [-0.4, -0.2) is 0 Å². The first kappa shape index (κ1) is 37.1. The van der Waals surface area contributed by atoms with Crippen molar-refractivity contribution < 1.29 is 0 Å². The van der Waals surface area contributed by atoms with Crippen molar-refractivity contribution in [2.75, 3.05) is 4.90 Å². The Bertz CT molecular complexity index is 3360. The number of benzene rings is 10. The van der Waals surface area contributed by atoms with E-state index in [0.717, 1.165) is 17.1 Å². The van der Waals surface area contributed by atoms with Crippen molar-refractivity contribution in [3.8, 4) is 44.5 Å². The van der Waals surface area contributed by atoms with Gasteiger partial charge in [0.15, 0.2) is 0 Å². The van der Waals surface area contributed by atoms with Gasteiger partial charge in [0.05, 0.1) is 5.41 Å². The molecule has 0 bridgehead atoms. The van der Waals surface area contributed by atoms with Gasteiger partial charge in [-0.15, -0.1) is 0 Å². The third-order valence-electron chi connectivity index (χ3n) is 13.9. The molecule has 0 saturated heterocycles. The zero-order chi connectivity index (χ0) is 42.1. The van der Waals surface area contributed by atoms with Gasteiger partial charge in [-0.05, 0) is 131 Å². The van der Waals surface area contributed by atoms with E-state index in [1.54, 1.807) is 0 Å². The van der Waals surface area contributed by atoms with Crippen LogP contribution in [0.2, 0.25) is 0 Å². The van der Waals surface area contributed by atoms with Crippen LogP contribution in [0.25, 0.3) is 55.3 Å². The van der Waals surface area contributed by atoms with Crippen LogP contribution in [0.3, 0.4) is 0 Å². The smallest absolute Gasteiger partial charge is 0.0713 e. The molecule has 1 nitrogen and oxygen atoms in total. The van der Waals surface area contributed by atoms with Crippen LogP contribution in [0.5, 0.6) is 0 Å². The lowest BCUT2D eigenvalue weighted by molar-refractivity contribution is 0.660. The van der Waals surface area contributed by atoms with Gasteiger partial charge in [-0.1, -0.05) is 208 Å². The zero-order valence-electron chi connectivity index (χ0n) is 35.5. The summed E-state index contributed by atoms with van der Waals surface area (Å²) in [6, 6.07) is 87.8. The fourth-order valence-electron chi connectivity index (χ4n) is 11.0. The van der Waals surface area contributed by atoms with Crippen LogP contribution in [0, 0.1) is 0 Å². The van der Waals surface area contributed by atoms with Crippen LogP contribution in [0.1, 0.15) is 47.2 Å². The number of anilines is 3. The summed E-state index contributed by atoms with van der Waals surface area (Å²) in [5.74, 6) is 0. The minimum Gasteiger partial charge on any atom is -0.310 e. The molecule has 0 heterocycles. The maximum atomic E-state index is 2.47. The molecule has 0 saturated carbocycles. The average molecular weight is 804 g/mol. The first-order valence-electron chi connectivity index (χ1n) is 22.1. The highest BCUT2D eigenvalue weighted by Gasteiger charge is 2.46. The summed E-state index contributed by atoms with van der Waals surface area (Å²) in [6.07, 6.45) is 0. The van der Waals surface area contributed by atoms with E-state index in [0.29, 0.717) is 0 Å². The fraction of sp³-hybridized carbons (Fsp3) is 0.0645. The molecule has 1 atom stereocenters. The molecule has 10 aromatic carbocycles. The molecule has 0 fully saturated rings. The third kappa shape index (κ3) is 5.70. The molecule has 0 N–H and O–H groups in total. The summed E-state index contributed by atoms with van der Waals surface area (Å²) in [5, 5.41) is 2.52. The molecule has 1 heteroatoms. The summed E-state index contributed by atoms with van der Waals surface area (Å²) in [4.78, 5) is 2.41. The van der Waals surface area contributed by atoms with Crippen molar-refractivity contribution in [1.82, 2.24) is 0 Å². The van der Waals surface area contributed by atoms with Crippen LogP contribution >= 0.6 is 0 Å². The predicted octanol–water partition coefficient (Wildman–Crippen LogP) is 16.3. The van der Waals surface area contributed by atoms with Gasteiger partial charge >= 0.3 is 0 Å². The van der Waals surface area contributed by atoms with Gasteiger partial charge < -0.3 is 4.90 Å². The second-order valence-corrected chi connectivity index (χ2v) is 17.6. The molecule has 2 aliphatic rings. The molecule has 298 valence electrons. The molecule has 0 aliphatic heterocycles. The molecule has 10 aromatic rings. The Balaban J connectivity index is 1.01. The van der Waals surface area contributed by atoms with E-state index in [-0.39, 0.29) is 5.41 Å². The van der Waals surface area contributed by atoms with E-state index >= 15 is 0 Å². The number of fused-ring (bicyclic) bond motifs is 7. The number of hydrogen-bond acceptors (Lipinski definition) is 1. The van der Waals surface area contributed by atoms with E-state index in [2.05, 4.69) is 255 Å². The highest BCUT2D eigenvalue weighted by Crippen LogP contribution is 2.57. The highest BCUT2D eigenvalue weighted by molar-refractivity contribution is 5.97. The van der Waals surface area contributed by atoms with Gasteiger partial charge in [0, 0.05) is 22.5 Å². The van der Waals surface area contributed by atoms with E-state index in [9.17, 15) is 0 Å². The zero-order valence-corrected chi connectivity index (χ0v) is 35.5. The molecule has 63 heavy (non-hydrogen) atoms. The normalized spacial score (nSPS) is 15.3. The van der Waals surface area contributed by atoms with E-state index < -0.39 is 5.41 Å². The number of rotatable bonds is 7. The van der Waals surface area contributed by atoms with Gasteiger partial charge in [-0.3, -0.25) is 0 Å². The second kappa shape index (κ2) is 14.4. The Labute approximate surface area is 370 Å². The highest BCUT2D eigenvalue weighted by atomic mass is 15.1. The Kier molecular flexibility index (Phi) is 8.49. The molecule has 0 radical (unpaired) electrons. The number of hydrogen-bond donors (Lipinski definition) is 0. The molecular formula is C62H45N. The molecule has 0 aromatic heterocycles. The minimum absolute atomic E-state index is 0.102. The summed E-state index contributed by atoms with van der Waals surface area (Å²) >= 11 is 0. The second-order valence-electron chi connectivity index (χ2n) is 17.6. The largest absolute Gasteiger partial charge is 0.310 e. The maximum Gasteiger partial charge on any atom is 0.0713 e. The molecule has 0 spiro atoms. The Morgan fingerprint density at radius 1 is 0.302 bits per heavy atom. The van der Waals surface area contributed by atoms with E-state index in [4.69, 9.17) is 0 Å². The van der Waals surface area contributed by atoms with Crippen molar-refractivity contribution in [3.63, 3.8) is 0 Å². The lowest BCUT2D eigenvalue weighted by Crippen LogP contribution is -2.28. The minimum atomic E-state index is -0.525. The van der Waals surface area contributed by atoms with Crippen LogP contribution in [0.4, 0.5) is 17.1 Å². The molecule has 0 amide bonds. The van der Waals surface area contributed by atoms with Crippen molar-refractivity contribution >= 4 is 27.8 Å². The van der Waals surface area contributed by atoms with Crippen molar-refractivity contribution in [3.05, 3.63) is 270 Å². The predicted molar refractivity (Wildman–Crippen MR) is 264 cm³/mol. The Morgan fingerprint density at radius 2 is 0.825 bits per heavy atom. The molecule has 1 unspecified atom stereocenters. The average Bonchev–Trinajstić information content (AvgIpc) is 3.77. The fourth-order valence-corrected chi connectivity index (χ4v) is 11.0. The standard InChI is InChI=1S/C62H45N/c1-61(2)57-29-13-11-26-53(57)55-38-36-50(41-59(55)61)63(48-22-7-4-8-23-48)49-24-15-19-44(39-49)45-33-37-56-54-27-12-14-30-58(54)62(60(56)40-45,46-20-5-3-6-21-46)47-34-31-43(32-35-47)52-28-16-18-42-17-9-10-25-51(42)52/h3-41H,1-2H3. The monoisotopic (exact) mass is 803 g/mol. The third-order valence-corrected chi connectivity index (χ3v) is 13.9. The van der Waals surface area contributed by atoms with Crippen molar-refractivity contribution in [2.24, 2.45) is 0 Å². The van der Waals surface area contributed by atoms with Crippen LogP contribution in [-0.2, 0) is 10.8 Å². The van der Waals surface area contributed by atoms with Gasteiger partial charge in [-0.25, -0.2) is 0 Å².